The van der Waals surface area contributed by atoms with Crippen molar-refractivity contribution < 1.29 is 8.42 Å². The van der Waals surface area contributed by atoms with E-state index in [1.165, 1.54) is 18.2 Å². The molecule has 102 valence electrons. The second-order valence-corrected chi connectivity index (χ2v) is 6.40. The van der Waals surface area contributed by atoms with E-state index in [1.807, 2.05) is 19.9 Å². The predicted molar refractivity (Wildman–Crippen MR) is 77.5 cm³/mol. The number of hydrogen-bond donors (Lipinski definition) is 1. The third kappa shape index (κ3) is 2.65. The first-order valence-electron chi connectivity index (χ1n) is 6.03. The summed E-state index contributed by atoms with van der Waals surface area (Å²) in [5.74, 6) is 0. The van der Waals surface area contributed by atoms with Crippen molar-refractivity contribution in [2.24, 2.45) is 0 Å². The largest absolute Gasteiger partial charge is 0.359 e. The van der Waals surface area contributed by atoms with Crippen LogP contribution in [0.1, 0.15) is 17.0 Å². The molecule has 1 aromatic heterocycles. The van der Waals surface area contributed by atoms with Crippen LogP contribution in [0.25, 0.3) is 6.08 Å². The molecule has 0 saturated heterocycles. The highest BCUT2D eigenvalue weighted by Gasteiger charge is 2.20. The molecule has 0 bridgehead atoms. The van der Waals surface area contributed by atoms with Gasteiger partial charge in [-0.3, -0.25) is 0 Å². The van der Waals surface area contributed by atoms with E-state index >= 15 is 0 Å². The Hall–Kier alpha value is -2.32. The molecule has 0 radical (unpaired) electrons. The minimum Gasteiger partial charge on any atom is -0.359 e. The Bertz CT molecular complexity index is 794. The van der Waals surface area contributed by atoms with Gasteiger partial charge in [-0.15, -0.1) is 0 Å². The number of benzene rings is 1. The maximum atomic E-state index is 12.4. The van der Waals surface area contributed by atoms with Crippen molar-refractivity contribution in [3.63, 3.8) is 0 Å². The molecule has 0 atom stereocenters. The first-order chi connectivity index (χ1) is 9.45. The molecule has 0 saturated carbocycles. The molecule has 5 heteroatoms. The molecule has 0 fully saturated rings. The molecule has 0 aliphatic heterocycles. The molecule has 0 aliphatic rings. The Morgan fingerprint density at radius 3 is 2.40 bits per heavy atom. The Labute approximate surface area is 118 Å². The average Bonchev–Trinajstić information content (AvgIpc) is 2.75. The van der Waals surface area contributed by atoms with E-state index < -0.39 is 9.84 Å². The highest BCUT2D eigenvalue weighted by Crippen LogP contribution is 2.22. The highest BCUT2D eigenvalue weighted by molar-refractivity contribution is 7.95. The maximum absolute atomic E-state index is 12.4. The van der Waals surface area contributed by atoms with Crippen LogP contribution >= 0.6 is 0 Å². The summed E-state index contributed by atoms with van der Waals surface area (Å²) in [7, 11) is -3.78. The van der Waals surface area contributed by atoms with Gasteiger partial charge in [-0.1, -0.05) is 18.2 Å². The predicted octanol–water partition coefficient (Wildman–Crippen LogP) is 2.97. The number of hydrogen-bond acceptors (Lipinski definition) is 3. The second kappa shape index (κ2) is 5.35. The fraction of sp³-hybridized carbons (Fsp3) is 0.133. The van der Waals surface area contributed by atoms with Gasteiger partial charge in [-0.2, -0.15) is 5.26 Å². The zero-order valence-electron chi connectivity index (χ0n) is 11.2. The summed E-state index contributed by atoms with van der Waals surface area (Å²) in [6.07, 6.45) is 1.38. The van der Waals surface area contributed by atoms with E-state index in [9.17, 15) is 13.7 Å². The molecule has 2 rings (SSSR count). The number of rotatable bonds is 3. The lowest BCUT2D eigenvalue weighted by molar-refractivity contribution is 0.603. The number of aryl methyl sites for hydroxylation is 2. The number of allylic oxidation sites excluding steroid dienone is 1. The third-order valence-corrected chi connectivity index (χ3v) is 4.60. The lowest BCUT2D eigenvalue weighted by Crippen LogP contribution is -2.03. The highest BCUT2D eigenvalue weighted by atomic mass is 32.2. The van der Waals surface area contributed by atoms with Crippen molar-refractivity contribution in [3.8, 4) is 6.07 Å². The van der Waals surface area contributed by atoms with Crippen LogP contribution in [-0.4, -0.2) is 13.4 Å². The van der Waals surface area contributed by atoms with Gasteiger partial charge in [-0.05, 0) is 43.7 Å². The van der Waals surface area contributed by atoms with E-state index in [-0.39, 0.29) is 9.80 Å². The average molecular weight is 286 g/mol. The van der Waals surface area contributed by atoms with Crippen molar-refractivity contribution in [1.82, 2.24) is 4.98 Å². The number of nitrogens with one attached hydrogen (secondary N) is 1. The van der Waals surface area contributed by atoms with E-state index in [2.05, 4.69) is 4.98 Å². The molecule has 0 unspecified atom stereocenters. The minimum absolute atomic E-state index is 0.119. The third-order valence-electron chi connectivity index (χ3n) is 2.92. The Morgan fingerprint density at radius 1 is 1.25 bits per heavy atom. The molecule has 4 nitrogen and oxygen atoms in total. The zero-order chi connectivity index (χ0) is 14.8. The van der Waals surface area contributed by atoms with Crippen molar-refractivity contribution in [3.05, 3.63) is 58.3 Å². The molecule has 1 N–H and O–H groups in total. The normalized spacial score (nSPS) is 12.2. The summed E-state index contributed by atoms with van der Waals surface area (Å²) in [5, 5.41) is 9.17. The molecular formula is C15H14N2O2S. The van der Waals surface area contributed by atoms with Crippen LogP contribution in [0.2, 0.25) is 0 Å². The van der Waals surface area contributed by atoms with Crippen molar-refractivity contribution in [2.45, 2.75) is 18.7 Å². The number of nitriles is 1. The summed E-state index contributed by atoms with van der Waals surface area (Å²) >= 11 is 0. The number of sulfone groups is 1. The lowest BCUT2D eigenvalue weighted by Gasteiger charge is -2.02. The van der Waals surface area contributed by atoms with E-state index in [1.54, 1.807) is 24.3 Å². The maximum Gasteiger partial charge on any atom is 0.216 e. The smallest absolute Gasteiger partial charge is 0.216 e. The molecule has 1 aromatic carbocycles. The Kier molecular flexibility index (Phi) is 3.77. The molecule has 0 amide bonds. The van der Waals surface area contributed by atoms with E-state index in [0.29, 0.717) is 5.69 Å². The fourth-order valence-electron chi connectivity index (χ4n) is 1.93. The van der Waals surface area contributed by atoms with E-state index in [4.69, 9.17) is 0 Å². The van der Waals surface area contributed by atoms with Crippen LogP contribution in [0.3, 0.4) is 0 Å². The first kappa shape index (κ1) is 14.1. The Balaban J connectivity index is 2.54. The van der Waals surface area contributed by atoms with Gasteiger partial charge in [0.15, 0.2) is 4.91 Å². The SMILES string of the molecule is Cc1cc(C)c(/C=C(\C#N)S(=O)(=O)c2ccccc2)[nH]1. The van der Waals surface area contributed by atoms with Gasteiger partial charge in [0.05, 0.1) is 4.90 Å². The summed E-state index contributed by atoms with van der Waals surface area (Å²) in [6, 6.07) is 11.6. The monoisotopic (exact) mass is 286 g/mol. The van der Waals surface area contributed by atoms with Gasteiger partial charge >= 0.3 is 0 Å². The first-order valence-corrected chi connectivity index (χ1v) is 7.51. The van der Waals surface area contributed by atoms with Crippen molar-refractivity contribution in [2.75, 3.05) is 0 Å². The van der Waals surface area contributed by atoms with Gasteiger partial charge < -0.3 is 4.98 Å². The van der Waals surface area contributed by atoms with E-state index in [0.717, 1.165) is 11.3 Å². The van der Waals surface area contributed by atoms with Gasteiger partial charge in [0.25, 0.3) is 0 Å². The van der Waals surface area contributed by atoms with Crippen molar-refractivity contribution in [1.29, 1.82) is 5.26 Å². The number of aromatic amines is 1. The van der Waals surface area contributed by atoms with Crippen LogP contribution < -0.4 is 0 Å². The number of aromatic nitrogens is 1. The van der Waals surface area contributed by atoms with Gasteiger partial charge in [-0.25, -0.2) is 8.42 Å². The minimum atomic E-state index is -3.78. The molecule has 20 heavy (non-hydrogen) atoms. The van der Waals surface area contributed by atoms with Crippen LogP contribution in [0, 0.1) is 25.2 Å². The summed E-state index contributed by atoms with van der Waals surface area (Å²) in [6.45, 7) is 3.74. The fourth-order valence-corrected chi connectivity index (χ4v) is 3.09. The topological polar surface area (TPSA) is 73.7 Å². The van der Waals surface area contributed by atoms with Gasteiger partial charge in [0.2, 0.25) is 9.84 Å². The van der Waals surface area contributed by atoms with Gasteiger partial charge in [0, 0.05) is 11.4 Å². The molecule has 2 aromatic rings. The summed E-state index contributed by atoms with van der Waals surface area (Å²) in [5.41, 5.74) is 2.46. The van der Waals surface area contributed by atoms with Gasteiger partial charge in [0.1, 0.15) is 6.07 Å². The second-order valence-electron chi connectivity index (χ2n) is 4.49. The van der Waals surface area contributed by atoms with Crippen LogP contribution in [-0.2, 0) is 9.84 Å². The van der Waals surface area contributed by atoms with Crippen LogP contribution in [0.4, 0.5) is 0 Å². The quantitative estimate of drug-likeness (QED) is 0.881. The van der Waals surface area contributed by atoms with Crippen LogP contribution in [0.5, 0.6) is 0 Å². The molecular weight excluding hydrogens is 272 g/mol. The summed E-state index contributed by atoms with van der Waals surface area (Å²) < 4.78 is 24.8. The standard InChI is InChI=1S/C15H14N2O2S/c1-11-8-12(2)17-15(11)9-14(10-16)20(18,19)13-6-4-3-5-7-13/h3-9,17H,1-2H3/b14-9+. The molecule has 0 spiro atoms. The zero-order valence-corrected chi connectivity index (χ0v) is 12.0. The molecule has 1 heterocycles. The Morgan fingerprint density at radius 2 is 1.90 bits per heavy atom. The number of H-pyrrole nitrogens is 1. The lowest BCUT2D eigenvalue weighted by atomic mass is 10.2. The van der Waals surface area contributed by atoms with Crippen molar-refractivity contribution >= 4 is 15.9 Å². The molecule has 0 aliphatic carbocycles. The summed E-state index contributed by atoms with van der Waals surface area (Å²) in [4.78, 5) is 2.89. The van der Waals surface area contributed by atoms with Crippen LogP contribution in [0.15, 0.2) is 46.2 Å². The number of nitrogens with zero attached hydrogens (tertiary/aromatic N) is 1.